The van der Waals surface area contributed by atoms with Crippen molar-refractivity contribution < 1.29 is 0 Å². The van der Waals surface area contributed by atoms with E-state index in [1.807, 2.05) is 11.5 Å². The number of aromatic nitrogens is 4. The lowest BCUT2D eigenvalue weighted by Gasteiger charge is -2.06. The molecule has 80 valence electrons. The normalized spacial score (nSPS) is 10.8. The van der Waals surface area contributed by atoms with E-state index in [4.69, 9.17) is 0 Å². The summed E-state index contributed by atoms with van der Waals surface area (Å²) in [6, 6.07) is 0. The van der Waals surface area contributed by atoms with Crippen LogP contribution in [0.3, 0.4) is 0 Å². The van der Waals surface area contributed by atoms with E-state index in [1.165, 1.54) is 0 Å². The molecule has 0 saturated carbocycles. The minimum absolute atomic E-state index is 0.686. The van der Waals surface area contributed by atoms with Gasteiger partial charge in [0.2, 0.25) is 5.95 Å². The second-order valence-electron chi connectivity index (χ2n) is 3.37. The molecule has 5 heteroatoms. The van der Waals surface area contributed by atoms with Crippen molar-refractivity contribution in [3.05, 3.63) is 12.5 Å². The van der Waals surface area contributed by atoms with Crippen molar-refractivity contribution in [3.63, 3.8) is 0 Å². The average molecular weight is 205 g/mol. The van der Waals surface area contributed by atoms with Crippen LogP contribution in [0.5, 0.6) is 0 Å². The molecular formula is C10H15N5. The fraction of sp³-hybridized carbons (Fsp3) is 0.500. The molecule has 0 aromatic carbocycles. The molecule has 0 unspecified atom stereocenters. The van der Waals surface area contributed by atoms with E-state index in [1.54, 1.807) is 12.5 Å². The lowest BCUT2D eigenvalue weighted by atomic mass is 10.4. The van der Waals surface area contributed by atoms with Crippen molar-refractivity contribution in [2.75, 3.05) is 11.9 Å². The van der Waals surface area contributed by atoms with Crippen LogP contribution >= 0.6 is 0 Å². The van der Waals surface area contributed by atoms with Crippen molar-refractivity contribution in [2.24, 2.45) is 0 Å². The summed E-state index contributed by atoms with van der Waals surface area (Å²) < 4.78 is 2.03. The van der Waals surface area contributed by atoms with Gasteiger partial charge in [0, 0.05) is 13.1 Å². The van der Waals surface area contributed by atoms with Gasteiger partial charge in [0.1, 0.15) is 5.69 Å². The Labute approximate surface area is 88.9 Å². The summed E-state index contributed by atoms with van der Waals surface area (Å²) in [5.74, 6) is 1.59. The maximum atomic E-state index is 4.42. The summed E-state index contributed by atoms with van der Waals surface area (Å²) in [6.45, 7) is 5.92. The zero-order valence-electron chi connectivity index (χ0n) is 9.06. The van der Waals surface area contributed by atoms with Crippen LogP contribution in [0.15, 0.2) is 12.5 Å². The Kier molecular flexibility index (Phi) is 2.80. The first-order valence-corrected chi connectivity index (χ1v) is 5.27. The quantitative estimate of drug-likeness (QED) is 0.824. The van der Waals surface area contributed by atoms with Crippen LogP contribution < -0.4 is 5.32 Å². The van der Waals surface area contributed by atoms with Gasteiger partial charge < -0.3 is 9.88 Å². The van der Waals surface area contributed by atoms with Crippen LogP contribution in [0, 0.1) is 0 Å². The molecule has 0 spiro atoms. The molecule has 0 aromatic rings. The number of nitrogens with zero attached hydrogens (tertiary/aromatic N) is 4. The highest BCUT2D eigenvalue weighted by molar-refractivity contribution is 5.55. The van der Waals surface area contributed by atoms with E-state index >= 15 is 0 Å². The summed E-state index contributed by atoms with van der Waals surface area (Å²) in [5, 5.41) is 3.10. The van der Waals surface area contributed by atoms with Gasteiger partial charge in [0.05, 0.1) is 12.5 Å². The van der Waals surface area contributed by atoms with Crippen LogP contribution in [-0.2, 0) is 6.54 Å². The largest absolute Gasteiger partial charge is 0.354 e. The van der Waals surface area contributed by atoms with E-state index in [0.717, 1.165) is 31.0 Å². The van der Waals surface area contributed by atoms with Crippen molar-refractivity contribution in [1.82, 2.24) is 19.5 Å². The highest BCUT2D eigenvalue weighted by Crippen LogP contribution is 2.19. The molecule has 1 N–H and O–H groups in total. The monoisotopic (exact) mass is 205 g/mol. The fourth-order valence-electron chi connectivity index (χ4n) is 1.53. The number of fused-ring (bicyclic) bond motifs is 1. The first-order chi connectivity index (χ1) is 7.35. The lowest BCUT2D eigenvalue weighted by Crippen LogP contribution is -2.04. The summed E-state index contributed by atoms with van der Waals surface area (Å²) >= 11 is 0. The van der Waals surface area contributed by atoms with Crippen LogP contribution in [0.2, 0.25) is 0 Å². The first kappa shape index (κ1) is 9.89. The Morgan fingerprint density at radius 3 is 2.93 bits per heavy atom. The number of hydrogen-bond donors (Lipinski definition) is 1. The molecule has 2 aliphatic heterocycles. The number of hydrogen-bond acceptors (Lipinski definition) is 4. The molecule has 2 rings (SSSR count). The lowest BCUT2D eigenvalue weighted by molar-refractivity contribution is 0.659. The topological polar surface area (TPSA) is 55.6 Å². The number of aryl methyl sites for hydroxylation is 1. The van der Waals surface area contributed by atoms with E-state index in [0.29, 0.717) is 5.95 Å². The van der Waals surface area contributed by atoms with E-state index in [-0.39, 0.29) is 0 Å². The summed E-state index contributed by atoms with van der Waals surface area (Å²) in [5.41, 5.74) is 0.849. The molecule has 0 bridgehead atoms. The zero-order valence-corrected chi connectivity index (χ0v) is 9.06. The van der Waals surface area contributed by atoms with Gasteiger partial charge in [0.15, 0.2) is 5.82 Å². The minimum atomic E-state index is 0.686. The number of anilines is 1. The van der Waals surface area contributed by atoms with Gasteiger partial charge >= 0.3 is 0 Å². The maximum absolute atomic E-state index is 4.42. The van der Waals surface area contributed by atoms with E-state index in [9.17, 15) is 0 Å². The minimum Gasteiger partial charge on any atom is -0.354 e. The molecule has 0 amide bonds. The van der Waals surface area contributed by atoms with Gasteiger partial charge in [0.25, 0.3) is 0 Å². The summed E-state index contributed by atoms with van der Waals surface area (Å²) in [4.78, 5) is 12.9. The Hall–Kier alpha value is -1.65. The molecule has 0 saturated heterocycles. The highest BCUT2D eigenvalue weighted by Gasteiger charge is 2.13. The second kappa shape index (κ2) is 4.25. The predicted octanol–water partition coefficient (Wildman–Crippen LogP) is 1.62. The molecular weight excluding hydrogens is 190 g/mol. The van der Waals surface area contributed by atoms with Crippen molar-refractivity contribution >= 4 is 5.95 Å². The van der Waals surface area contributed by atoms with Gasteiger partial charge in [-0.2, -0.15) is 4.98 Å². The number of imidazole rings is 1. The summed E-state index contributed by atoms with van der Waals surface area (Å²) in [6.07, 6.45) is 4.61. The molecule has 0 atom stereocenters. The molecule has 0 radical (unpaired) electrons. The predicted molar refractivity (Wildman–Crippen MR) is 58.9 cm³/mol. The Balaban J connectivity index is 2.39. The molecule has 0 aromatic heterocycles. The number of nitrogens with one attached hydrogen (secondary N) is 1. The molecule has 15 heavy (non-hydrogen) atoms. The third-order valence-electron chi connectivity index (χ3n) is 2.14. The van der Waals surface area contributed by atoms with Crippen molar-refractivity contribution in [2.45, 2.75) is 26.8 Å². The SMILES string of the molecule is CCCn1cncc2nc(NCC)nc1-2. The Morgan fingerprint density at radius 1 is 1.33 bits per heavy atom. The van der Waals surface area contributed by atoms with Gasteiger partial charge in [-0.3, -0.25) is 0 Å². The van der Waals surface area contributed by atoms with Crippen molar-refractivity contribution in [1.29, 1.82) is 0 Å². The van der Waals surface area contributed by atoms with Gasteiger partial charge in [-0.25, -0.2) is 9.97 Å². The maximum Gasteiger partial charge on any atom is 0.225 e. The zero-order chi connectivity index (χ0) is 10.7. The van der Waals surface area contributed by atoms with E-state index in [2.05, 4.69) is 27.2 Å². The van der Waals surface area contributed by atoms with Crippen LogP contribution in [0.4, 0.5) is 5.95 Å². The second-order valence-corrected chi connectivity index (χ2v) is 3.37. The van der Waals surface area contributed by atoms with Crippen LogP contribution in [0.1, 0.15) is 20.3 Å². The smallest absolute Gasteiger partial charge is 0.225 e. The molecule has 2 heterocycles. The molecule has 2 aliphatic rings. The third kappa shape index (κ3) is 1.91. The van der Waals surface area contributed by atoms with Crippen molar-refractivity contribution in [3.8, 4) is 11.5 Å². The summed E-state index contributed by atoms with van der Waals surface area (Å²) in [7, 11) is 0. The highest BCUT2D eigenvalue weighted by atomic mass is 15.2. The number of rotatable bonds is 4. The Bertz CT molecular complexity index is 409. The Morgan fingerprint density at radius 2 is 2.20 bits per heavy atom. The van der Waals surface area contributed by atoms with E-state index < -0.39 is 0 Å². The van der Waals surface area contributed by atoms with Crippen LogP contribution in [0.25, 0.3) is 11.5 Å². The molecule has 0 fully saturated rings. The fourth-order valence-corrected chi connectivity index (χ4v) is 1.53. The van der Waals surface area contributed by atoms with Gasteiger partial charge in [-0.05, 0) is 13.3 Å². The average Bonchev–Trinajstić information content (AvgIpc) is 2.62. The first-order valence-electron chi connectivity index (χ1n) is 5.27. The van der Waals surface area contributed by atoms with Gasteiger partial charge in [-0.1, -0.05) is 6.92 Å². The molecule has 5 nitrogen and oxygen atoms in total. The third-order valence-corrected chi connectivity index (χ3v) is 2.14. The standard InChI is InChI=1S/C10H15N5/c1-3-5-15-7-11-6-8-9(15)14-10(13-8)12-4-2/h6-7H,3-5H2,1-2H3,(H,12,13). The van der Waals surface area contributed by atoms with Gasteiger partial charge in [-0.15, -0.1) is 0 Å². The molecule has 0 aliphatic carbocycles. The van der Waals surface area contributed by atoms with Crippen LogP contribution in [-0.4, -0.2) is 26.1 Å².